The Morgan fingerprint density at radius 2 is 1.65 bits per heavy atom. The Bertz CT molecular complexity index is 1250. The lowest BCUT2D eigenvalue weighted by atomic mass is 9.70. The van der Waals surface area contributed by atoms with Crippen LogP contribution in [0.1, 0.15) is 91.4 Å². The molecule has 0 saturated heterocycles. The average molecular weight is 411 g/mol. The minimum Gasteiger partial charge on any atom is -0.200 e. The fourth-order valence-electron chi connectivity index (χ4n) is 6.16. The first-order chi connectivity index (χ1) is 14.7. The largest absolute Gasteiger partial charge is 0.221 e. The summed E-state index contributed by atoms with van der Waals surface area (Å²) >= 11 is 0. The minimum atomic E-state index is 0.498. The van der Waals surface area contributed by atoms with E-state index in [0.717, 1.165) is 0 Å². The van der Waals surface area contributed by atoms with E-state index in [0.29, 0.717) is 11.3 Å². The lowest BCUT2D eigenvalue weighted by molar-refractivity contribution is -0.672. The molecule has 1 fully saturated rings. The summed E-state index contributed by atoms with van der Waals surface area (Å²) in [7, 11) is 2.21. The summed E-state index contributed by atoms with van der Waals surface area (Å²) in [5.74, 6) is 0.681. The van der Waals surface area contributed by atoms with Crippen molar-refractivity contribution in [2.24, 2.45) is 12.5 Å². The van der Waals surface area contributed by atoms with Gasteiger partial charge >= 0.3 is 0 Å². The third-order valence-corrected chi connectivity index (χ3v) is 8.18. The zero-order chi connectivity index (χ0) is 22.1. The van der Waals surface area contributed by atoms with Gasteiger partial charge in [0, 0.05) is 6.07 Å². The fraction of sp³-hybridized carbons (Fsp3) is 0.433. The van der Waals surface area contributed by atoms with Gasteiger partial charge in [0.1, 0.15) is 7.05 Å². The van der Waals surface area contributed by atoms with Crippen LogP contribution in [0.25, 0.3) is 21.9 Å². The highest BCUT2D eigenvalue weighted by Gasteiger charge is 2.36. The lowest BCUT2D eigenvalue weighted by Crippen LogP contribution is -2.32. The number of rotatable bonds is 2. The predicted octanol–water partition coefficient (Wildman–Crippen LogP) is 7.57. The molecule has 31 heavy (non-hydrogen) atoms. The Hall–Kier alpha value is -2.41. The van der Waals surface area contributed by atoms with E-state index in [1.807, 2.05) is 0 Å². The molecule has 0 bridgehead atoms. The molecule has 1 saturated carbocycles. The molecule has 0 aliphatic heterocycles. The highest BCUT2D eigenvalue weighted by Crippen LogP contribution is 2.50. The maximum absolute atomic E-state index is 2.45. The zero-order valence-corrected chi connectivity index (χ0v) is 20.3. The SMILES string of the molecule is CC1=C(c2cc(C)cc(C)c2C)c2c3c1c(C1CCC(C)(C)CC1)ccc3cc[n+]2C. The average Bonchev–Trinajstić information content (AvgIpc) is 3.02. The Kier molecular flexibility index (Phi) is 4.66. The molecular weight excluding hydrogens is 374 g/mol. The van der Waals surface area contributed by atoms with Crippen LogP contribution in [0, 0.1) is 26.2 Å². The van der Waals surface area contributed by atoms with Crippen molar-refractivity contribution in [2.75, 3.05) is 0 Å². The highest BCUT2D eigenvalue weighted by atomic mass is 14.9. The number of nitrogens with zero attached hydrogens (tertiary/aromatic N) is 1. The van der Waals surface area contributed by atoms with Gasteiger partial charge in [-0.3, -0.25) is 0 Å². The van der Waals surface area contributed by atoms with E-state index < -0.39 is 0 Å². The van der Waals surface area contributed by atoms with Gasteiger partial charge in [0.15, 0.2) is 6.20 Å². The molecule has 160 valence electrons. The predicted molar refractivity (Wildman–Crippen MR) is 132 cm³/mol. The van der Waals surface area contributed by atoms with Crippen LogP contribution < -0.4 is 4.57 Å². The van der Waals surface area contributed by atoms with Gasteiger partial charge in [-0.1, -0.05) is 43.7 Å². The van der Waals surface area contributed by atoms with E-state index in [-0.39, 0.29) is 0 Å². The molecule has 0 radical (unpaired) electrons. The van der Waals surface area contributed by atoms with Crippen molar-refractivity contribution in [1.82, 2.24) is 0 Å². The van der Waals surface area contributed by atoms with E-state index in [2.05, 4.69) is 89.7 Å². The number of allylic oxidation sites excluding steroid dienone is 1. The van der Waals surface area contributed by atoms with Crippen molar-refractivity contribution in [3.8, 4) is 0 Å². The Morgan fingerprint density at radius 3 is 2.35 bits per heavy atom. The fourth-order valence-corrected chi connectivity index (χ4v) is 6.16. The van der Waals surface area contributed by atoms with Crippen LogP contribution >= 0.6 is 0 Å². The third-order valence-electron chi connectivity index (χ3n) is 8.18. The Morgan fingerprint density at radius 1 is 0.935 bits per heavy atom. The van der Waals surface area contributed by atoms with E-state index in [9.17, 15) is 0 Å². The van der Waals surface area contributed by atoms with Crippen LogP contribution in [0.15, 0.2) is 36.5 Å². The molecule has 1 heteroatoms. The quantitative estimate of drug-likeness (QED) is 0.384. The number of aromatic nitrogens is 1. The van der Waals surface area contributed by atoms with Gasteiger partial charge in [0.25, 0.3) is 0 Å². The first-order valence-electron chi connectivity index (χ1n) is 11.9. The molecule has 1 aromatic heterocycles. The normalized spacial score (nSPS) is 18.3. The zero-order valence-electron chi connectivity index (χ0n) is 20.3. The smallest absolute Gasteiger partial charge is 0.200 e. The molecule has 0 amide bonds. The third kappa shape index (κ3) is 3.16. The first-order valence-corrected chi connectivity index (χ1v) is 11.9. The summed E-state index contributed by atoms with van der Waals surface area (Å²) in [5, 5.41) is 2.85. The highest BCUT2D eigenvalue weighted by molar-refractivity contribution is 6.16. The van der Waals surface area contributed by atoms with Crippen molar-refractivity contribution in [2.45, 2.75) is 73.1 Å². The van der Waals surface area contributed by atoms with Crippen LogP contribution in [0.2, 0.25) is 0 Å². The van der Waals surface area contributed by atoms with E-state index in [4.69, 9.17) is 0 Å². The molecule has 0 unspecified atom stereocenters. The topological polar surface area (TPSA) is 3.88 Å². The molecule has 2 aliphatic rings. The molecule has 1 nitrogen and oxygen atoms in total. The number of benzene rings is 2. The summed E-state index contributed by atoms with van der Waals surface area (Å²) in [4.78, 5) is 0. The van der Waals surface area contributed by atoms with Gasteiger partial charge in [-0.2, -0.15) is 0 Å². The summed E-state index contributed by atoms with van der Waals surface area (Å²) in [6, 6.07) is 11.8. The van der Waals surface area contributed by atoms with Crippen LogP contribution in [-0.2, 0) is 7.05 Å². The second kappa shape index (κ2) is 7.05. The van der Waals surface area contributed by atoms with Crippen molar-refractivity contribution in [3.63, 3.8) is 0 Å². The van der Waals surface area contributed by atoms with Crippen LogP contribution in [0.3, 0.4) is 0 Å². The minimum absolute atomic E-state index is 0.498. The molecule has 2 aromatic carbocycles. The van der Waals surface area contributed by atoms with Crippen molar-refractivity contribution in [3.05, 3.63) is 75.6 Å². The van der Waals surface area contributed by atoms with Gasteiger partial charge in [-0.05, 0) is 103 Å². The van der Waals surface area contributed by atoms with Crippen LogP contribution in [0.5, 0.6) is 0 Å². The number of hydrogen-bond donors (Lipinski definition) is 0. The molecule has 0 spiro atoms. The molecule has 3 aromatic rings. The standard InChI is InChI=1S/C30H36N/c1-18-16-19(2)20(3)25(17-18)27-21(4)26-24(22-10-13-30(5,6)14-11-22)9-8-23-12-15-31(7)29(27)28(23)26/h8-9,12,15-17,22H,10-11,13-14H2,1-7H3/q+1. The Labute approximate surface area is 187 Å². The first kappa shape index (κ1) is 20.5. The molecule has 5 rings (SSSR count). The van der Waals surface area contributed by atoms with Gasteiger partial charge in [-0.15, -0.1) is 0 Å². The number of pyridine rings is 1. The van der Waals surface area contributed by atoms with Gasteiger partial charge in [-0.25, -0.2) is 4.57 Å². The summed E-state index contributed by atoms with van der Waals surface area (Å²) < 4.78 is 2.35. The summed E-state index contributed by atoms with van der Waals surface area (Å²) in [6.07, 6.45) is 7.52. The molecule has 2 aliphatic carbocycles. The van der Waals surface area contributed by atoms with E-state index >= 15 is 0 Å². The van der Waals surface area contributed by atoms with Gasteiger partial charge < -0.3 is 0 Å². The van der Waals surface area contributed by atoms with Crippen molar-refractivity contribution >= 4 is 21.9 Å². The van der Waals surface area contributed by atoms with Gasteiger partial charge in [0.2, 0.25) is 5.69 Å². The molecule has 1 heterocycles. The second-order valence-electron chi connectivity index (χ2n) is 11.0. The maximum Gasteiger partial charge on any atom is 0.221 e. The second-order valence-corrected chi connectivity index (χ2v) is 11.0. The van der Waals surface area contributed by atoms with E-state index in [1.165, 1.54) is 81.1 Å². The molecule has 0 atom stereocenters. The van der Waals surface area contributed by atoms with Crippen molar-refractivity contribution < 1.29 is 4.57 Å². The van der Waals surface area contributed by atoms with Crippen LogP contribution in [-0.4, -0.2) is 0 Å². The maximum atomic E-state index is 2.45. The summed E-state index contributed by atoms with van der Waals surface area (Å²) in [6.45, 7) is 14.0. The molecular formula is C30H36N+. The monoisotopic (exact) mass is 410 g/mol. The number of aryl methyl sites for hydroxylation is 3. The summed E-state index contributed by atoms with van der Waals surface area (Å²) in [5.41, 5.74) is 13.5. The molecule has 0 N–H and O–H groups in total. The van der Waals surface area contributed by atoms with Gasteiger partial charge in [0.05, 0.1) is 11.0 Å². The Balaban J connectivity index is 1.78. The van der Waals surface area contributed by atoms with Crippen molar-refractivity contribution in [1.29, 1.82) is 0 Å². The van der Waals surface area contributed by atoms with E-state index in [1.54, 1.807) is 5.56 Å². The lowest BCUT2D eigenvalue weighted by Gasteiger charge is -2.35. The number of hydrogen-bond acceptors (Lipinski definition) is 0. The van der Waals surface area contributed by atoms with Crippen LogP contribution in [0.4, 0.5) is 0 Å².